The van der Waals surface area contributed by atoms with E-state index in [2.05, 4.69) is 40.2 Å². The van der Waals surface area contributed by atoms with Crippen LogP contribution < -0.4 is 4.90 Å². The van der Waals surface area contributed by atoms with E-state index in [1.54, 1.807) is 11.0 Å². The molecule has 0 saturated carbocycles. The average molecular weight is 567 g/mol. The number of pyridine rings is 1. The zero-order valence-corrected chi connectivity index (χ0v) is 24.4. The third kappa shape index (κ3) is 5.86. The summed E-state index contributed by atoms with van der Waals surface area (Å²) in [5.74, 6) is -0.251. The van der Waals surface area contributed by atoms with Crippen LogP contribution in [-0.4, -0.2) is 62.5 Å². The molecule has 1 aliphatic rings. The number of nitrogens with one attached hydrogen (secondary N) is 1. The molecule has 216 valence electrons. The summed E-state index contributed by atoms with van der Waals surface area (Å²) in [6.07, 6.45) is 5.61. The molecule has 0 atom stereocenters. The monoisotopic (exact) mass is 566 g/mol. The molecule has 0 radical (unpaired) electrons. The summed E-state index contributed by atoms with van der Waals surface area (Å²) in [6, 6.07) is 17.2. The SMILES string of the molecule is Cc1nn(Cc2cccc(F)c2)cc1-c1c[nH]c2ncc(-c3cccc(N4CCN(C(=O)OC(C)(C)C)CC4)c3)cc12. The number of aryl methyl sites for hydroxylation is 1. The Hall–Kier alpha value is -4.66. The molecule has 0 aliphatic carbocycles. The van der Waals surface area contributed by atoms with Crippen molar-refractivity contribution < 1.29 is 13.9 Å². The van der Waals surface area contributed by atoms with E-state index < -0.39 is 5.60 Å². The Morgan fingerprint density at radius 2 is 1.79 bits per heavy atom. The fourth-order valence-electron chi connectivity index (χ4n) is 5.43. The molecule has 2 aromatic carbocycles. The Morgan fingerprint density at radius 3 is 2.55 bits per heavy atom. The fraction of sp³-hybridized carbons (Fsp3) is 0.303. The number of rotatable bonds is 5. The van der Waals surface area contributed by atoms with Gasteiger partial charge in [0.25, 0.3) is 0 Å². The molecule has 42 heavy (non-hydrogen) atoms. The maximum atomic E-state index is 13.7. The van der Waals surface area contributed by atoms with Gasteiger partial charge in [0.05, 0.1) is 12.2 Å². The lowest BCUT2D eigenvalue weighted by molar-refractivity contribution is 0.0240. The number of nitrogens with zero attached hydrogens (tertiary/aromatic N) is 5. The summed E-state index contributed by atoms with van der Waals surface area (Å²) in [4.78, 5) is 24.6. The normalized spacial score (nSPS) is 14.0. The Balaban J connectivity index is 1.22. The minimum absolute atomic E-state index is 0.251. The number of piperazine rings is 1. The molecule has 4 heterocycles. The summed E-state index contributed by atoms with van der Waals surface area (Å²) in [6.45, 7) is 10.8. The highest BCUT2D eigenvalue weighted by atomic mass is 19.1. The van der Waals surface area contributed by atoms with Crippen LogP contribution >= 0.6 is 0 Å². The van der Waals surface area contributed by atoms with Crippen LogP contribution in [0, 0.1) is 12.7 Å². The van der Waals surface area contributed by atoms with E-state index in [1.165, 1.54) is 12.1 Å². The highest BCUT2D eigenvalue weighted by Crippen LogP contribution is 2.33. The first-order valence-corrected chi connectivity index (χ1v) is 14.2. The largest absolute Gasteiger partial charge is 0.444 e. The molecule has 5 aromatic rings. The number of halogens is 1. The van der Waals surface area contributed by atoms with Crippen LogP contribution in [0.2, 0.25) is 0 Å². The van der Waals surface area contributed by atoms with Crippen LogP contribution in [0.3, 0.4) is 0 Å². The molecule has 0 bridgehead atoms. The lowest BCUT2D eigenvalue weighted by Crippen LogP contribution is -2.50. The number of benzene rings is 2. The van der Waals surface area contributed by atoms with E-state index in [4.69, 9.17) is 14.8 Å². The first-order chi connectivity index (χ1) is 20.1. The van der Waals surface area contributed by atoms with E-state index in [0.717, 1.165) is 63.3 Å². The van der Waals surface area contributed by atoms with Crippen molar-refractivity contribution in [3.8, 4) is 22.3 Å². The van der Waals surface area contributed by atoms with Crippen LogP contribution in [0.1, 0.15) is 32.0 Å². The van der Waals surface area contributed by atoms with Crippen molar-refractivity contribution in [2.45, 2.75) is 39.8 Å². The van der Waals surface area contributed by atoms with Crippen molar-refractivity contribution in [1.29, 1.82) is 0 Å². The predicted molar refractivity (Wildman–Crippen MR) is 163 cm³/mol. The van der Waals surface area contributed by atoms with E-state index in [9.17, 15) is 9.18 Å². The van der Waals surface area contributed by atoms with Gasteiger partial charge >= 0.3 is 6.09 Å². The minimum atomic E-state index is -0.501. The van der Waals surface area contributed by atoms with Crippen molar-refractivity contribution >= 4 is 22.8 Å². The lowest BCUT2D eigenvalue weighted by atomic mass is 10.0. The van der Waals surface area contributed by atoms with E-state index in [0.29, 0.717) is 19.6 Å². The number of H-pyrrole nitrogens is 1. The minimum Gasteiger partial charge on any atom is -0.444 e. The summed E-state index contributed by atoms with van der Waals surface area (Å²) in [7, 11) is 0. The Morgan fingerprint density at radius 1 is 1.00 bits per heavy atom. The van der Waals surface area contributed by atoms with Crippen molar-refractivity contribution in [3.05, 3.63) is 90.3 Å². The van der Waals surface area contributed by atoms with Gasteiger partial charge < -0.3 is 19.5 Å². The smallest absolute Gasteiger partial charge is 0.410 e. The summed E-state index contributed by atoms with van der Waals surface area (Å²) >= 11 is 0. The third-order valence-electron chi connectivity index (χ3n) is 7.48. The van der Waals surface area contributed by atoms with Gasteiger partial charge in [-0.05, 0) is 69.2 Å². The molecule has 3 aromatic heterocycles. The van der Waals surface area contributed by atoms with Crippen LogP contribution in [-0.2, 0) is 11.3 Å². The molecular formula is C33H35FN6O2. The number of aromatic nitrogens is 4. The Labute approximate surface area is 244 Å². The van der Waals surface area contributed by atoms with Crippen molar-refractivity contribution in [2.75, 3.05) is 31.1 Å². The Bertz CT molecular complexity index is 1740. The number of fused-ring (bicyclic) bond motifs is 1. The molecule has 0 spiro atoms. The third-order valence-corrected chi connectivity index (χ3v) is 7.48. The van der Waals surface area contributed by atoms with Gasteiger partial charge in [-0.15, -0.1) is 0 Å². The highest BCUT2D eigenvalue weighted by molar-refractivity contribution is 5.96. The molecule has 1 saturated heterocycles. The maximum absolute atomic E-state index is 13.7. The zero-order valence-electron chi connectivity index (χ0n) is 24.4. The number of ether oxygens (including phenoxy) is 1. The van der Waals surface area contributed by atoms with Gasteiger partial charge in [0.15, 0.2) is 0 Å². The molecule has 9 heteroatoms. The second kappa shape index (κ2) is 11.0. The average Bonchev–Trinajstić information content (AvgIpc) is 3.54. The van der Waals surface area contributed by atoms with E-state index >= 15 is 0 Å². The zero-order chi connectivity index (χ0) is 29.4. The highest BCUT2D eigenvalue weighted by Gasteiger charge is 2.26. The van der Waals surface area contributed by atoms with E-state index in [-0.39, 0.29) is 11.9 Å². The van der Waals surface area contributed by atoms with Crippen molar-refractivity contribution in [3.63, 3.8) is 0 Å². The molecule has 8 nitrogen and oxygen atoms in total. The molecule has 1 fully saturated rings. The van der Waals surface area contributed by atoms with Crippen LogP contribution in [0.25, 0.3) is 33.3 Å². The number of hydrogen-bond acceptors (Lipinski definition) is 5. The van der Waals surface area contributed by atoms with Crippen molar-refractivity contribution in [1.82, 2.24) is 24.6 Å². The number of carbonyl (C=O) groups excluding carboxylic acids is 1. The fourth-order valence-corrected chi connectivity index (χ4v) is 5.43. The lowest BCUT2D eigenvalue weighted by Gasteiger charge is -2.36. The first kappa shape index (κ1) is 27.5. The number of hydrogen-bond donors (Lipinski definition) is 1. The van der Waals surface area contributed by atoms with Gasteiger partial charge in [0.2, 0.25) is 0 Å². The number of anilines is 1. The molecule has 6 rings (SSSR count). The second-order valence-electron chi connectivity index (χ2n) is 11.8. The predicted octanol–water partition coefficient (Wildman–Crippen LogP) is 6.65. The molecular weight excluding hydrogens is 531 g/mol. The second-order valence-corrected chi connectivity index (χ2v) is 11.8. The maximum Gasteiger partial charge on any atom is 0.410 e. The van der Waals surface area contributed by atoms with Gasteiger partial charge in [0.1, 0.15) is 17.1 Å². The van der Waals surface area contributed by atoms with Gasteiger partial charge in [-0.2, -0.15) is 5.10 Å². The van der Waals surface area contributed by atoms with Crippen LogP contribution in [0.4, 0.5) is 14.9 Å². The number of amides is 1. The topological polar surface area (TPSA) is 79.3 Å². The summed E-state index contributed by atoms with van der Waals surface area (Å²) < 4.78 is 21.1. The van der Waals surface area contributed by atoms with Gasteiger partial charge in [0, 0.05) is 72.5 Å². The number of aromatic amines is 1. The molecule has 1 aliphatic heterocycles. The van der Waals surface area contributed by atoms with E-state index in [1.807, 2.05) is 57.0 Å². The number of carbonyl (C=O) groups is 1. The summed E-state index contributed by atoms with van der Waals surface area (Å²) in [5.41, 5.74) is 7.29. The molecule has 1 amide bonds. The standard InChI is InChI=1S/C33H35FN6O2/c1-22-30(21-40(37-22)20-23-7-5-9-26(34)15-23)29-19-36-31-28(29)17-25(18-35-31)24-8-6-10-27(16-24)38-11-13-39(14-12-38)32(41)42-33(2,3)4/h5-10,15-19,21H,11-14,20H2,1-4H3,(H,35,36). The quantitative estimate of drug-likeness (QED) is 0.258. The summed E-state index contributed by atoms with van der Waals surface area (Å²) in [5, 5.41) is 5.71. The molecule has 0 unspecified atom stereocenters. The van der Waals surface area contributed by atoms with Gasteiger partial charge in [-0.3, -0.25) is 4.68 Å². The van der Waals surface area contributed by atoms with Crippen molar-refractivity contribution in [2.24, 2.45) is 0 Å². The van der Waals surface area contributed by atoms with Crippen LogP contribution in [0.15, 0.2) is 73.2 Å². The van der Waals surface area contributed by atoms with Gasteiger partial charge in [-0.1, -0.05) is 24.3 Å². The molecule has 1 N–H and O–H groups in total. The first-order valence-electron chi connectivity index (χ1n) is 14.2. The van der Waals surface area contributed by atoms with Crippen LogP contribution in [0.5, 0.6) is 0 Å². The van der Waals surface area contributed by atoms with Gasteiger partial charge in [-0.25, -0.2) is 14.2 Å². The Kier molecular flexibility index (Phi) is 7.18.